The van der Waals surface area contributed by atoms with Crippen molar-refractivity contribution in [1.82, 2.24) is 14.9 Å². The minimum Gasteiger partial charge on any atom is -0.494 e. The Kier molecular flexibility index (Phi) is 4.31. The molecule has 25 heavy (non-hydrogen) atoms. The highest BCUT2D eigenvalue weighted by atomic mass is 16.7. The summed E-state index contributed by atoms with van der Waals surface area (Å²) in [5.41, 5.74) is 1.25. The Morgan fingerprint density at radius 2 is 1.76 bits per heavy atom. The maximum absolute atomic E-state index is 5.49. The molecule has 0 bridgehead atoms. The van der Waals surface area contributed by atoms with Crippen LogP contribution in [0.2, 0.25) is 0 Å². The van der Waals surface area contributed by atoms with Gasteiger partial charge in [-0.05, 0) is 24.6 Å². The molecule has 0 radical (unpaired) electrons. The third-order valence-electron chi connectivity index (χ3n) is 4.87. The standard InChI is InChI=1S/C18H22N4O3/c1-13(14-3-4-16-17(9-14)25-12-24-16)21-5-7-22(8-6-21)18-19-10-15(23-2)11-20-18/h3-4,9-11,13H,5-8,12H2,1-2H3. The van der Waals surface area contributed by atoms with Crippen LogP contribution in [0, 0.1) is 0 Å². The molecule has 1 atom stereocenters. The number of benzene rings is 1. The molecule has 1 saturated heterocycles. The Hall–Kier alpha value is -2.54. The van der Waals surface area contributed by atoms with Gasteiger partial charge in [-0.3, -0.25) is 4.90 Å². The second-order valence-corrected chi connectivity index (χ2v) is 6.23. The van der Waals surface area contributed by atoms with E-state index in [-0.39, 0.29) is 0 Å². The van der Waals surface area contributed by atoms with E-state index in [1.807, 2.05) is 6.07 Å². The van der Waals surface area contributed by atoms with Crippen LogP contribution in [0.4, 0.5) is 5.95 Å². The number of rotatable bonds is 4. The van der Waals surface area contributed by atoms with Crippen molar-refractivity contribution in [2.45, 2.75) is 13.0 Å². The van der Waals surface area contributed by atoms with Crippen molar-refractivity contribution >= 4 is 5.95 Å². The molecule has 1 fully saturated rings. The monoisotopic (exact) mass is 342 g/mol. The Morgan fingerprint density at radius 3 is 2.48 bits per heavy atom. The fourth-order valence-electron chi connectivity index (χ4n) is 3.27. The summed E-state index contributed by atoms with van der Waals surface area (Å²) in [6, 6.07) is 6.53. The first kappa shape index (κ1) is 16.0. The molecule has 4 rings (SSSR count). The van der Waals surface area contributed by atoms with Gasteiger partial charge >= 0.3 is 0 Å². The predicted octanol–water partition coefficient (Wildman–Crippen LogP) is 2.10. The van der Waals surface area contributed by atoms with Crippen molar-refractivity contribution in [3.63, 3.8) is 0 Å². The molecule has 3 heterocycles. The highest BCUT2D eigenvalue weighted by molar-refractivity contribution is 5.45. The smallest absolute Gasteiger partial charge is 0.231 e. The third-order valence-corrected chi connectivity index (χ3v) is 4.87. The zero-order valence-electron chi connectivity index (χ0n) is 14.5. The molecule has 132 valence electrons. The first-order valence-electron chi connectivity index (χ1n) is 8.49. The van der Waals surface area contributed by atoms with Crippen LogP contribution in [0.25, 0.3) is 0 Å². The summed E-state index contributed by atoms with van der Waals surface area (Å²) in [6.45, 7) is 6.28. The maximum Gasteiger partial charge on any atom is 0.231 e. The van der Waals surface area contributed by atoms with Crippen LogP contribution in [0.15, 0.2) is 30.6 Å². The minimum atomic E-state index is 0.313. The van der Waals surface area contributed by atoms with Gasteiger partial charge in [0.2, 0.25) is 12.7 Å². The van der Waals surface area contributed by atoms with Gasteiger partial charge in [0.1, 0.15) is 0 Å². The number of hydrogen-bond donors (Lipinski definition) is 0. The van der Waals surface area contributed by atoms with E-state index in [9.17, 15) is 0 Å². The van der Waals surface area contributed by atoms with E-state index in [0.717, 1.165) is 43.6 Å². The number of piperazine rings is 1. The van der Waals surface area contributed by atoms with Gasteiger partial charge in [0.05, 0.1) is 19.5 Å². The molecule has 7 nitrogen and oxygen atoms in total. The van der Waals surface area contributed by atoms with Crippen molar-refractivity contribution in [1.29, 1.82) is 0 Å². The summed E-state index contributed by atoms with van der Waals surface area (Å²) < 4.78 is 16.0. The zero-order valence-corrected chi connectivity index (χ0v) is 14.5. The topological polar surface area (TPSA) is 60.0 Å². The zero-order chi connectivity index (χ0) is 17.2. The highest BCUT2D eigenvalue weighted by Gasteiger charge is 2.24. The number of fused-ring (bicyclic) bond motifs is 1. The van der Waals surface area contributed by atoms with Gasteiger partial charge in [0.25, 0.3) is 0 Å². The Morgan fingerprint density at radius 1 is 1.04 bits per heavy atom. The van der Waals surface area contributed by atoms with Crippen molar-refractivity contribution in [2.75, 3.05) is 45.0 Å². The molecule has 2 aliphatic rings. The molecule has 1 aromatic heterocycles. The van der Waals surface area contributed by atoms with Gasteiger partial charge in [-0.25, -0.2) is 9.97 Å². The average molecular weight is 342 g/mol. The lowest BCUT2D eigenvalue weighted by Gasteiger charge is -2.38. The largest absolute Gasteiger partial charge is 0.494 e. The second-order valence-electron chi connectivity index (χ2n) is 6.23. The quantitative estimate of drug-likeness (QED) is 0.843. The average Bonchev–Trinajstić information content (AvgIpc) is 3.15. The lowest BCUT2D eigenvalue weighted by atomic mass is 10.1. The van der Waals surface area contributed by atoms with Crippen molar-refractivity contribution in [2.24, 2.45) is 0 Å². The predicted molar refractivity (Wildman–Crippen MR) is 93.4 cm³/mol. The lowest BCUT2D eigenvalue weighted by Crippen LogP contribution is -2.47. The highest BCUT2D eigenvalue weighted by Crippen LogP contribution is 2.35. The summed E-state index contributed by atoms with van der Waals surface area (Å²) in [7, 11) is 1.62. The normalized spacial score (nSPS) is 18.2. The van der Waals surface area contributed by atoms with Crippen LogP contribution in [0.1, 0.15) is 18.5 Å². The van der Waals surface area contributed by atoms with E-state index in [4.69, 9.17) is 14.2 Å². The lowest BCUT2D eigenvalue weighted by molar-refractivity contribution is 0.173. The van der Waals surface area contributed by atoms with Crippen molar-refractivity contribution in [3.05, 3.63) is 36.2 Å². The fourth-order valence-corrected chi connectivity index (χ4v) is 3.27. The SMILES string of the molecule is COc1cnc(N2CCN(C(C)c3ccc4c(c3)OCO4)CC2)nc1. The van der Waals surface area contributed by atoms with Crippen LogP contribution in [0.5, 0.6) is 17.2 Å². The Balaban J connectivity index is 1.39. The summed E-state index contributed by atoms with van der Waals surface area (Å²) in [4.78, 5) is 13.4. The summed E-state index contributed by atoms with van der Waals surface area (Å²) in [6.07, 6.45) is 3.42. The van der Waals surface area contributed by atoms with E-state index in [0.29, 0.717) is 18.6 Å². The van der Waals surface area contributed by atoms with E-state index in [1.165, 1.54) is 5.56 Å². The third kappa shape index (κ3) is 3.19. The molecule has 1 aromatic carbocycles. The number of hydrogen-bond acceptors (Lipinski definition) is 7. The van der Waals surface area contributed by atoms with Gasteiger partial charge in [0, 0.05) is 32.2 Å². The van der Waals surface area contributed by atoms with Crippen LogP contribution in [-0.2, 0) is 0 Å². The van der Waals surface area contributed by atoms with E-state index in [2.05, 4.69) is 38.8 Å². The van der Waals surface area contributed by atoms with Crippen LogP contribution in [-0.4, -0.2) is 54.9 Å². The molecular weight excluding hydrogens is 320 g/mol. The molecule has 0 N–H and O–H groups in total. The summed E-state index contributed by atoms with van der Waals surface area (Å²) >= 11 is 0. The van der Waals surface area contributed by atoms with Gasteiger partial charge in [-0.15, -0.1) is 0 Å². The first-order valence-corrected chi connectivity index (χ1v) is 8.49. The second kappa shape index (κ2) is 6.76. The van der Waals surface area contributed by atoms with Gasteiger partial charge in [-0.2, -0.15) is 0 Å². The van der Waals surface area contributed by atoms with E-state index in [1.54, 1.807) is 19.5 Å². The molecule has 2 aliphatic heterocycles. The van der Waals surface area contributed by atoms with Crippen LogP contribution >= 0.6 is 0 Å². The van der Waals surface area contributed by atoms with Gasteiger partial charge in [-0.1, -0.05) is 6.07 Å². The van der Waals surface area contributed by atoms with Crippen molar-refractivity contribution < 1.29 is 14.2 Å². The fraction of sp³-hybridized carbons (Fsp3) is 0.444. The number of ether oxygens (including phenoxy) is 3. The molecule has 2 aromatic rings. The van der Waals surface area contributed by atoms with Crippen molar-refractivity contribution in [3.8, 4) is 17.2 Å². The summed E-state index contributed by atoms with van der Waals surface area (Å²) in [5, 5.41) is 0. The molecule has 0 spiro atoms. The Labute approximate surface area is 147 Å². The number of aromatic nitrogens is 2. The molecule has 0 amide bonds. The number of anilines is 1. The first-order chi connectivity index (χ1) is 12.2. The number of nitrogens with zero attached hydrogens (tertiary/aromatic N) is 4. The Bertz CT molecular complexity index is 730. The molecule has 7 heteroatoms. The van der Waals surface area contributed by atoms with Crippen LogP contribution in [0.3, 0.4) is 0 Å². The summed E-state index contributed by atoms with van der Waals surface area (Å²) in [5.74, 6) is 3.11. The van der Waals surface area contributed by atoms with E-state index >= 15 is 0 Å². The minimum absolute atomic E-state index is 0.313. The number of methoxy groups -OCH3 is 1. The van der Waals surface area contributed by atoms with E-state index < -0.39 is 0 Å². The van der Waals surface area contributed by atoms with Gasteiger partial charge in [0.15, 0.2) is 17.2 Å². The molecule has 0 aliphatic carbocycles. The molecule has 1 unspecified atom stereocenters. The van der Waals surface area contributed by atoms with Gasteiger partial charge < -0.3 is 19.1 Å². The maximum atomic E-state index is 5.49. The molecule has 0 saturated carbocycles. The van der Waals surface area contributed by atoms with Crippen LogP contribution < -0.4 is 19.1 Å². The molecular formula is C18H22N4O3.